The van der Waals surface area contributed by atoms with E-state index in [0.29, 0.717) is 37.6 Å². The molecule has 0 N–H and O–H groups in total. The second-order valence-corrected chi connectivity index (χ2v) is 6.80. The number of rotatable bonds is 4. The van der Waals surface area contributed by atoms with Crippen LogP contribution in [0.5, 0.6) is 11.5 Å². The van der Waals surface area contributed by atoms with Gasteiger partial charge in [-0.15, -0.1) is 0 Å². The summed E-state index contributed by atoms with van der Waals surface area (Å²) in [4.78, 5) is 28.5. The van der Waals surface area contributed by atoms with Gasteiger partial charge in [-0.3, -0.25) is 9.69 Å². The van der Waals surface area contributed by atoms with Gasteiger partial charge in [0.15, 0.2) is 6.61 Å². The maximum atomic E-state index is 12.8. The van der Waals surface area contributed by atoms with Gasteiger partial charge in [0, 0.05) is 13.1 Å². The average molecular weight is 382 g/mol. The van der Waals surface area contributed by atoms with E-state index in [9.17, 15) is 9.59 Å². The van der Waals surface area contributed by atoms with Crippen molar-refractivity contribution in [3.05, 3.63) is 54.1 Å². The van der Waals surface area contributed by atoms with E-state index in [2.05, 4.69) is 0 Å². The first kappa shape index (κ1) is 18.2. The summed E-state index contributed by atoms with van der Waals surface area (Å²) < 4.78 is 16.2. The highest BCUT2D eigenvalue weighted by atomic mass is 16.6. The highest BCUT2D eigenvalue weighted by Gasteiger charge is 2.37. The zero-order valence-electron chi connectivity index (χ0n) is 15.7. The second kappa shape index (κ2) is 7.80. The molecule has 2 aromatic rings. The number of carbonyl (C=O) groups excluding carboxylic acids is 2. The Hall–Kier alpha value is -3.22. The Bertz CT molecular complexity index is 870. The predicted octanol–water partition coefficient (Wildman–Crippen LogP) is 2.83. The summed E-state index contributed by atoms with van der Waals surface area (Å²) in [5.41, 5.74) is 1.60. The molecule has 0 saturated carbocycles. The number of carbonyl (C=O) groups is 2. The van der Waals surface area contributed by atoms with Crippen LogP contribution in [-0.4, -0.2) is 49.8 Å². The third-order valence-electron chi connectivity index (χ3n) is 5.06. The number of hydrogen-bond donors (Lipinski definition) is 0. The van der Waals surface area contributed by atoms with Gasteiger partial charge in [-0.2, -0.15) is 0 Å². The Morgan fingerprint density at radius 3 is 2.79 bits per heavy atom. The smallest absolute Gasteiger partial charge is 0.414 e. The van der Waals surface area contributed by atoms with Crippen LogP contribution in [0.4, 0.5) is 10.5 Å². The molecule has 0 bridgehead atoms. The van der Waals surface area contributed by atoms with Crippen molar-refractivity contribution < 1.29 is 23.8 Å². The lowest BCUT2D eigenvalue weighted by molar-refractivity contribution is -0.134. The molecule has 1 unspecified atom stereocenters. The van der Waals surface area contributed by atoms with E-state index < -0.39 is 0 Å². The summed E-state index contributed by atoms with van der Waals surface area (Å²) in [5, 5.41) is 0. The minimum Gasteiger partial charge on any atom is -0.497 e. The van der Waals surface area contributed by atoms with Crippen molar-refractivity contribution in [3.8, 4) is 11.5 Å². The Kier molecular flexibility index (Phi) is 5.06. The zero-order chi connectivity index (χ0) is 19.5. The Morgan fingerprint density at radius 2 is 2.00 bits per heavy atom. The molecule has 7 nitrogen and oxygen atoms in total. The molecular weight excluding hydrogens is 360 g/mol. The Balaban J connectivity index is 1.56. The van der Waals surface area contributed by atoms with Crippen LogP contribution in [0.1, 0.15) is 12.0 Å². The summed E-state index contributed by atoms with van der Waals surface area (Å²) in [6.07, 6.45) is 0.303. The number of methoxy groups -OCH3 is 1. The molecule has 0 aromatic heterocycles. The number of cyclic esters (lactones) is 1. The van der Waals surface area contributed by atoms with Crippen molar-refractivity contribution in [3.63, 3.8) is 0 Å². The second-order valence-electron chi connectivity index (χ2n) is 6.80. The SMILES string of the molecule is COc1ccc2c(c1)CN(C(=O)COc1ccccc1)CCC1COC(=O)N21. The number of ether oxygens (including phenoxy) is 3. The lowest BCUT2D eigenvalue weighted by Crippen LogP contribution is -2.43. The number of hydrogen-bond acceptors (Lipinski definition) is 5. The van der Waals surface area contributed by atoms with E-state index in [0.717, 1.165) is 11.3 Å². The van der Waals surface area contributed by atoms with Gasteiger partial charge < -0.3 is 19.1 Å². The summed E-state index contributed by atoms with van der Waals surface area (Å²) in [5.74, 6) is 1.23. The van der Waals surface area contributed by atoms with E-state index >= 15 is 0 Å². The third-order valence-corrected chi connectivity index (χ3v) is 5.06. The molecule has 4 rings (SSSR count). The van der Waals surface area contributed by atoms with Crippen molar-refractivity contribution in [1.29, 1.82) is 0 Å². The lowest BCUT2D eigenvalue weighted by atomic mass is 10.0. The monoisotopic (exact) mass is 382 g/mol. The summed E-state index contributed by atoms with van der Waals surface area (Å²) in [6, 6.07) is 14.7. The molecule has 146 valence electrons. The molecule has 1 atom stereocenters. The highest BCUT2D eigenvalue weighted by molar-refractivity contribution is 5.91. The van der Waals surface area contributed by atoms with Crippen LogP contribution >= 0.6 is 0 Å². The van der Waals surface area contributed by atoms with Crippen molar-refractivity contribution in [2.24, 2.45) is 0 Å². The van der Waals surface area contributed by atoms with Gasteiger partial charge >= 0.3 is 6.09 Å². The average Bonchev–Trinajstić information content (AvgIpc) is 3.07. The normalized spacial score (nSPS) is 18.5. The van der Waals surface area contributed by atoms with Crippen LogP contribution in [0.25, 0.3) is 0 Å². The van der Waals surface area contributed by atoms with Crippen LogP contribution in [-0.2, 0) is 16.1 Å². The number of benzene rings is 2. The fourth-order valence-electron chi connectivity index (χ4n) is 3.57. The summed E-state index contributed by atoms with van der Waals surface area (Å²) in [6.45, 7) is 1.19. The van der Waals surface area contributed by atoms with Crippen LogP contribution in [0, 0.1) is 0 Å². The fourth-order valence-corrected chi connectivity index (χ4v) is 3.57. The molecule has 0 spiro atoms. The maximum Gasteiger partial charge on any atom is 0.414 e. The molecule has 0 radical (unpaired) electrons. The zero-order valence-corrected chi connectivity index (χ0v) is 15.7. The van der Waals surface area contributed by atoms with Gasteiger partial charge in [-0.05, 0) is 42.3 Å². The Morgan fingerprint density at radius 1 is 1.18 bits per heavy atom. The molecule has 2 aliphatic rings. The van der Waals surface area contributed by atoms with E-state index in [-0.39, 0.29) is 24.6 Å². The number of nitrogens with zero attached hydrogens (tertiary/aromatic N) is 2. The standard InChI is InChI=1S/C21H22N2O5/c1-26-18-7-8-19-15(11-18)12-22(10-9-16-13-28-21(25)23(16)19)20(24)14-27-17-5-3-2-4-6-17/h2-8,11,16H,9-10,12-14H2,1H3. The molecular formula is C21H22N2O5. The van der Waals surface area contributed by atoms with Gasteiger partial charge in [0.1, 0.15) is 18.1 Å². The van der Waals surface area contributed by atoms with E-state index in [1.54, 1.807) is 16.9 Å². The van der Waals surface area contributed by atoms with E-state index in [1.807, 2.05) is 48.5 Å². The quantitative estimate of drug-likeness (QED) is 0.813. The van der Waals surface area contributed by atoms with Gasteiger partial charge in [-0.25, -0.2) is 4.79 Å². The number of amides is 2. The first-order chi connectivity index (χ1) is 13.7. The van der Waals surface area contributed by atoms with Crippen molar-refractivity contribution >= 4 is 17.7 Å². The first-order valence-corrected chi connectivity index (χ1v) is 9.24. The van der Waals surface area contributed by atoms with Crippen LogP contribution < -0.4 is 14.4 Å². The van der Waals surface area contributed by atoms with Crippen molar-refractivity contribution in [2.75, 3.05) is 31.8 Å². The molecule has 1 saturated heterocycles. The number of anilines is 1. The highest BCUT2D eigenvalue weighted by Crippen LogP contribution is 2.33. The van der Waals surface area contributed by atoms with Crippen molar-refractivity contribution in [2.45, 2.75) is 19.0 Å². The molecule has 7 heteroatoms. The lowest BCUT2D eigenvalue weighted by Gasteiger charge is -2.32. The molecule has 1 fully saturated rings. The van der Waals surface area contributed by atoms with Gasteiger partial charge in [0.2, 0.25) is 0 Å². The van der Waals surface area contributed by atoms with Crippen LogP contribution in [0.15, 0.2) is 48.5 Å². The molecule has 2 aromatic carbocycles. The molecule has 28 heavy (non-hydrogen) atoms. The van der Waals surface area contributed by atoms with Crippen LogP contribution in [0.3, 0.4) is 0 Å². The van der Waals surface area contributed by atoms with E-state index in [1.165, 1.54) is 0 Å². The topological polar surface area (TPSA) is 68.3 Å². The number of para-hydroxylation sites is 1. The fraction of sp³-hybridized carbons (Fsp3) is 0.333. The summed E-state index contributed by atoms with van der Waals surface area (Å²) in [7, 11) is 1.59. The maximum absolute atomic E-state index is 12.8. The minimum absolute atomic E-state index is 0.0346. The summed E-state index contributed by atoms with van der Waals surface area (Å²) >= 11 is 0. The predicted molar refractivity (Wildman–Crippen MR) is 103 cm³/mol. The van der Waals surface area contributed by atoms with Gasteiger partial charge in [0.25, 0.3) is 5.91 Å². The van der Waals surface area contributed by atoms with Crippen LogP contribution in [0.2, 0.25) is 0 Å². The van der Waals surface area contributed by atoms with Gasteiger partial charge in [-0.1, -0.05) is 18.2 Å². The van der Waals surface area contributed by atoms with E-state index in [4.69, 9.17) is 14.2 Å². The Labute approximate surface area is 163 Å². The van der Waals surface area contributed by atoms with Gasteiger partial charge in [0.05, 0.1) is 18.8 Å². The molecule has 2 heterocycles. The third kappa shape index (κ3) is 3.60. The first-order valence-electron chi connectivity index (χ1n) is 9.24. The minimum atomic E-state index is -0.344. The van der Waals surface area contributed by atoms with Crippen molar-refractivity contribution in [1.82, 2.24) is 4.90 Å². The molecule has 0 aliphatic carbocycles. The largest absolute Gasteiger partial charge is 0.497 e. The number of fused-ring (bicyclic) bond motifs is 3. The molecule has 2 amide bonds. The molecule has 2 aliphatic heterocycles.